The van der Waals surface area contributed by atoms with Crippen molar-refractivity contribution in [3.8, 4) is 0 Å². The standard InChI is InChI=1S/C9H14N4O3/c1-5-11-8(13-16-5)9(14)12-6-3-10-4-7(6)15-2/h6-7,10H,3-4H2,1-2H3,(H,12,14)/t6?,7-/m0/s1. The molecule has 88 valence electrons. The van der Waals surface area contributed by atoms with Crippen molar-refractivity contribution < 1.29 is 14.1 Å². The zero-order valence-corrected chi connectivity index (χ0v) is 9.19. The summed E-state index contributed by atoms with van der Waals surface area (Å²) < 4.78 is 9.96. The molecule has 1 amide bonds. The average Bonchev–Trinajstić information content (AvgIpc) is 2.86. The zero-order valence-electron chi connectivity index (χ0n) is 9.19. The Kier molecular flexibility index (Phi) is 3.16. The van der Waals surface area contributed by atoms with Gasteiger partial charge in [0.1, 0.15) is 0 Å². The lowest BCUT2D eigenvalue weighted by atomic mass is 10.2. The van der Waals surface area contributed by atoms with Crippen LogP contribution in [-0.2, 0) is 4.74 Å². The van der Waals surface area contributed by atoms with E-state index < -0.39 is 0 Å². The molecule has 1 aliphatic rings. The number of aryl methyl sites for hydroxylation is 1. The van der Waals surface area contributed by atoms with Crippen molar-refractivity contribution in [2.75, 3.05) is 20.2 Å². The lowest BCUT2D eigenvalue weighted by molar-refractivity contribution is 0.0770. The molecule has 0 radical (unpaired) electrons. The second-order valence-corrected chi connectivity index (χ2v) is 3.65. The molecule has 1 aromatic rings. The van der Waals surface area contributed by atoms with Gasteiger partial charge in [0.05, 0.1) is 12.1 Å². The summed E-state index contributed by atoms with van der Waals surface area (Å²) in [4.78, 5) is 15.5. The van der Waals surface area contributed by atoms with Crippen LogP contribution in [0.5, 0.6) is 0 Å². The fraction of sp³-hybridized carbons (Fsp3) is 0.667. The van der Waals surface area contributed by atoms with Crippen LogP contribution in [0.4, 0.5) is 0 Å². The summed E-state index contributed by atoms with van der Waals surface area (Å²) >= 11 is 0. The lowest BCUT2D eigenvalue weighted by Gasteiger charge is -2.17. The molecule has 0 aliphatic carbocycles. The van der Waals surface area contributed by atoms with E-state index in [4.69, 9.17) is 9.26 Å². The van der Waals surface area contributed by atoms with Gasteiger partial charge in [0.25, 0.3) is 11.7 Å². The third-order valence-electron chi connectivity index (χ3n) is 2.51. The van der Waals surface area contributed by atoms with Crippen molar-refractivity contribution in [2.24, 2.45) is 0 Å². The van der Waals surface area contributed by atoms with E-state index in [9.17, 15) is 4.79 Å². The number of carbonyl (C=O) groups excluding carboxylic acids is 1. The number of methoxy groups -OCH3 is 1. The van der Waals surface area contributed by atoms with Crippen LogP contribution in [0, 0.1) is 6.92 Å². The Morgan fingerprint density at radius 2 is 2.44 bits per heavy atom. The minimum absolute atomic E-state index is 0.0167. The van der Waals surface area contributed by atoms with E-state index in [-0.39, 0.29) is 23.9 Å². The first-order valence-electron chi connectivity index (χ1n) is 5.05. The van der Waals surface area contributed by atoms with Crippen molar-refractivity contribution in [2.45, 2.75) is 19.1 Å². The Bertz CT molecular complexity index is 379. The monoisotopic (exact) mass is 226 g/mol. The minimum Gasteiger partial charge on any atom is -0.378 e. The van der Waals surface area contributed by atoms with Crippen molar-refractivity contribution in [3.63, 3.8) is 0 Å². The zero-order chi connectivity index (χ0) is 11.5. The van der Waals surface area contributed by atoms with Gasteiger partial charge in [-0.25, -0.2) is 0 Å². The Morgan fingerprint density at radius 1 is 1.62 bits per heavy atom. The second kappa shape index (κ2) is 4.58. The maximum Gasteiger partial charge on any atom is 0.293 e. The van der Waals surface area contributed by atoms with Gasteiger partial charge in [-0.15, -0.1) is 0 Å². The number of nitrogens with one attached hydrogen (secondary N) is 2. The van der Waals surface area contributed by atoms with Gasteiger partial charge in [-0.1, -0.05) is 5.16 Å². The number of aromatic nitrogens is 2. The van der Waals surface area contributed by atoms with Crippen LogP contribution in [0.25, 0.3) is 0 Å². The first-order valence-corrected chi connectivity index (χ1v) is 5.05. The van der Waals surface area contributed by atoms with Gasteiger partial charge < -0.3 is 19.9 Å². The molecule has 0 bridgehead atoms. The first kappa shape index (κ1) is 11.0. The molecule has 0 saturated carbocycles. The van der Waals surface area contributed by atoms with Gasteiger partial charge in [-0.3, -0.25) is 4.79 Å². The molecule has 2 heterocycles. The van der Waals surface area contributed by atoms with Crippen molar-refractivity contribution in [3.05, 3.63) is 11.7 Å². The van der Waals surface area contributed by atoms with E-state index in [1.807, 2.05) is 0 Å². The van der Waals surface area contributed by atoms with Crippen LogP contribution in [0.1, 0.15) is 16.5 Å². The highest BCUT2D eigenvalue weighted by atomic mass is 16.5. The number of carbonyl (C=O) groups is 1. The maximum absolute atomic E-state index is 11.7. The third-order valence-corrected chi connectivity index (χ3v) is 2.51. The first-order chi connectivity index (χ1) is 7.70. The van der Waals surface area contributed by atoms with E-state index in [0.717, 1.165) is 6.54 Å². The smallest absolute Gasteiger partial charge is 0.293 e. The predicted molar refractivity (Wildman–Crippen MR) is 54.0 cm³/mol. The lowest BCUT2D eigenvalue weighted by Crippen LogP contribution is -2.43. The second-order valence-electron chi connectivity index (χ2n) is 3.65. The van der Waals surface area contributed by atoms with Gasteiger partial charge in [0.15, 0.2) is 0 Å². The Hall–Kier alpha value is -1.47. The Morgan fingerprint density at radius 3 is 3.06 bits per heavy atom. The molecule has 16 heavy (non-hydrogen) atoms. The molecule has 1 aromatic heterocycles. The van der Waals surface area contributed by atoms with Crippen molar-refractivity contribution in [1.29, 1.82) is 0 Å². The van der Waals surface area contributed by atoms with Crippen LogP contribution in [0.2, 0.25) is 0 Å². The molecular formula is C9H14N4O3. The minimum atomic E-state index is -0.340. The normalized spacial score (nSPS) is 24.6. The van der Waals surface area contributed by atoms with E-state index in [1.165, 1.54) is 0 Å². The quantitative estimate of drug-likeness (QED) is 0.694. The van der Waals surface area contributed by atoms with Crippen molar-refractivity contribution >= 4 is 5.91 Å². The molecule has 1 fully saturated rings. The van der Waals surface area contributed by atoms with Crippen LogP contribution in [0.15, 0.2) is 4.52 Å². The molecule has 1 aliphatic heterocycles. The molecule has 7 nitrogen and oxygen atoms in total. The highest BCUT2D eigenvalue weighted by Gasteiger charge is 2.29. The van der Waals surface area contributed by atoms with Crippen LogP contribution < -0.4 is 10.6 Å². The van der Waals surface area contributed by atoms with Gasteiger partial charge in [0, 0.05) is 27.1 Å². The SMILES string of the molecule is CO[C@H]1CNCC1NC(=O)c1noc(C)n1. The largest absolute Gasteiger partial charge is 0.378 e. The number of amides is 1. The molecule has 2 rings (SSSR count). The Balaban J connectivity index is 1.97. The van der Waals surface area contributed by atoms with Crippen molar-refractivity contribution in [1.82, 2.24) is 20.8 Å². The van der Waals surface area contributed by atoms with E-state index >= 15 is 0 Å². The molecular weight excluding hydrogens is 212 g/mol. The van der Waals surface area contributed by atoms with E-state index in [1.54, 1.807) is 14.0 Å². The molecule has 0 aromatic carbocycles. The summed E-state index contributed by atoms with van der Waals surface area (Å²) in [6, 6.07) is -0.0590. The van der Waals surface area contributed by atoms with Crippen LogP contribution >= 0.6 is 0 Å². The van der Waals surface area contributed by atoms with Crippen LogP contribution in [-0.4, -0.2) is 48.4 Å². The van der Waals surface area contributed by atoms with Gasteiger partial charge in [-0.2, -0.15) is 4.98 Å². The van der Waals surface area contributed by atoms with Gasteiger partial charge in [0.2, 0.25) is 5.89 Å². The van der Waals surface area contributed by atoms with Crippen LogP contribution in [0.3, 0.4) is 0 Å². The highest BCUT2D eigenvalue weighted by molar-refractivity contribution is 5.90. The molecule has 7 heteroatoms. The number of hydrogen-bond acceptors (Lipinski definition) is 6. The molecule has 2 atom stereocenters. The fourth-order valence-electron chi connectivity index (χ4n) is 1.67. The maximum atomic E-state index is 11.7. The highest BCUT2D eigenvalue weighted by Crippen LogP contribution is 2.04. The number of nitrogens with zero attached hydrogens (tertiary/aromatic N) is 2. The molecule has 0 spiro atoms. The summed E-state index contributed by atoms with van der Waals surface area (Å²) in [6.45, 7) is 3.05. The Labute approximate surface area is 92.5 Å². The summed E-state index contributed by atoms with van der Waals surface area (Å²) in [6.07, 6.45) is -0.0167. The number of ether oxygens (including phenoxy) is 1. The summed E-state index contributed by atoms with van der Waals surface area (Å²) in [5, 5.41) is 9.48. The average molecular weight is 226 g/mol. The summed E-state index contributed by atoms with van der Waals surface area (Å²) in [7, 11) is 1.62. The topological polar surface area (TPSA) is 89.3 Å². The number of rotatable bonds is 3. The summed E-state index contributed by atoms with van der Waals surface area (Å²) in [5.74, 6) is 0.0878. The third kappa shape index (κ3) is 2.20. The van der Waals surface area contributed by atoms with Gasteiger partial charge >= 0.3 is 0 Å². The summed E-state index contributed by atoms with van der Waals surface area (Å²) in [5.41, 5.74) is 0. The molecule has 1 unspecified atom stereocenters. The molecule has 1 saturated heterocycles. The fourth-order valence-corrected chi connectivity index (χ4v) is 1.67. The van der Waals surface area contributed by atoms with E-state index in [0.29, 0.717) is 12.4 Å². The molecule has 2 N–H and O–H groups in total. The number of hydrogen-bond donors (Lipinski definition) is 2. The van der Waals surface area contributed by atoms with Gasteiger partial charge in [-0.05, 0) is 0 Å². The van der Waals surface area contributed by atoms with E-state index in [2.05, 4.69) is 20.8 Å². The predicted octanol–water partition coefficient (Wildman–Crippen LogP) is -0.905.